The summed E-state index contributed by atoms with van der Waals surface area (Å²) in [5.74, 6) is -0.987. The lowest BCUT2D eigenvalue weighted by molar-refractivity contribution is -0.144. The molecule has 0 heterocycles. The lowest BCUT2D eigenvalue weighted by Crippen LogP contribution is -2.57. The average molecular weight is 287 g/mol. The quantitative estimate of drug-likeness (QED) is 0.571. The van der Waals surface area contributed by atoms with Gasteiger partial charge in [0.1, 0.15) is 5.54 Å². The Balaban J connectivity index is 4.25. The Kier molecular flexibility index (Phi) is 8.96. The largest absolute Gasteiger partial charge is 0.480 e. The van der Waals surface area contributed by atoms with Gasteiger partial charge in [-0.15, -0.1) is 0 Å². The van der Waals surface area contributed by atoms with E-state index in [1.54, 1.807) is 13.8 Å². The highest BCUT2D eigenvalue weighted by Crippen LogP contribution is 2.14. The van der Waals surface area contributed by atoms with Crippen molar-refractivity contribution in [3.8, 4) is 0 Å². The van der Waals surface area contributed by atoms with Crippen LogP contribution in [0.3, 0.4) is 0 Å². The highest BCUT2D eigenvalue weighted by atomic mass is 16.4. The van der Waals surface area contributed by atoms with Crippen LogP contribution in [0.15, 0.2) is 0 Å². The standard InChI is InChI=1S/C14H29N3O3/c1-5-10-17(8-4)11-9-15-13(20)16-14(6-2,7-3)12(18)19/h5-11H2,1-4H3,(H,18,19)(H2,15,16,20). The Morgan fingerprint density at radius 3 is 2.10 bits per heavy atom. The van der Waals surface area contributed by atoms with Crippen LogP contribution in [0.5, 0.6) is 0 Å². The molecule has 6 nitrogen and oxygen atoms in total. The minimum Gasteiger partial charge on any atom is -0.480 e. The second-order valence-electron chi connectivity index (χ2n) is 4.91. The highest BCUT2D eigenvalue weighted by Gasteiger charge is 2.36. The summed E-state index contributed by atoms with van der Waals surface area (Å²) in [6.45, 7) is 11.0. The van der Waals surface area contributed by atoms with Crippen LogP contribution in [0.25, 0.3) is 0 Å². The molecule has 0 saturated heterocycles. The number of urea groups is 1. The number of nitrogens with zero attached hydrogens (tertiary/aromatic N) is 1. The van der Waals surface area contributed by atoms with E-state index >= 15 is 0 Å². The van der Waals surface area contributed by atoms with Crippen molar-refractivity contribution < 1.29 is 14.7 Å². The number of hydrogen-bond donors (Lipinski definition) is 3. The zero-order chi connectivity index (χ0) is 15.6. The van der Waals surface area contributed by atoms with Gasteiger partial charge in [0.15, 0.2) is 0 Å². The Bertz CT molecular complexity index is 304. The minimum atomic E-state index is -1.17. The van der Waals surface area contributed by atoms with E-state index in [1.165, 1.54) is 0 Å². The molecule has 0 fully saturated rings. The number of carbonyl (C=O) groups excluding carboxylic acids is 1. The van der Waals surface area contributed by atoms with E-state index in [9.17, 15) is 14.7 Å². The van der Waals surface area contributed by atoms with E-state index < -0.39 is 17.5 Å². The predicted octanol–water partition coefficient (Wildman–Crippen LogP) is 1.66. The molecule has 3 N–H and O–H groups in total. The van der Waals surface area contributed by atoms with E-state index in [1.807, 2.05) is 0 Å². The molecule has 0 aromatic carbocycles. The smallest absolute Gasteiger partial charge is 0.329 e. The number of nitrogens with one attached hydrogen (secondary N) is 2. The van der Waals surface area contributed by atoms with Crippen molar-refractivity contribution >= 4 is 12.0 Å². The molecular formula is C14H29N3O3. The highest BCUT2D eigenvalue weighted by molar-refractivity contribution is 5.86. The van der Waals surface area contributed by atoms with Crippen molar-refractivity contribution in [2.24, 2.45) is 0 Å². The van der Waals surface area contributed by atoms with Crippen molar-refractivity contribution in [3.05, 3.63) is 0 Å². The summed E-state index contributed by atoms with van der Waals surface area (Å²) in [6, 6.07) is -0.413. The van der Waals surface area contributed by atoms with E-state index in [-0.39, 0.29) is 0 Å². The predicted molar refractivity (Wildman–Crippen MR) is 79.9 cm³/mol. The van der Waals surface area contributed by atoms with Crippen molar-refractivity contribution in [2.75, 3.05) is 26.2 Å². The monoisotopic (exact) mass is 287 g/mol. The van der Waals surface area contributed by atoms with Crippen LogP contribution in [0.4, 0.5) is 4.79 Å². The summed E-state index contributed by atoms with van der Waals surface area (Å²) in [5, 5.41) is 14.6. The first-order valence-electron chi connectivity index (χ1n) is 7.47. The van der Waals surface area contributed by atoms with E-state index in [0.29, 0.717) is 19.4 Å². The number of aliphatic carboxylic acids is 1. The number of carbonyl (C=O) groups is 2. The third-order valence-electron chi connectivity index (χ3n) is 3.67. The second-order valence-corrected chi connectivity index (χ2v) is 4.91. The van der Waals surface area contributed by atoms with Crippen molar-refractivity contribution in [1.29, 1.82) is 0 Å². The topological polar surface area (TPSA) is 81.7 Å². The zero-order valence-corrected chi connectivity index (χ0v) is 13.2. The molecule has 0 aliphatic carbocycles. The Morgan fingerprint density at radius 2 is 1.70 bits per heavy atom. The Morgan fingerprint density at radius 1 is 1.10 bits per heavy atom. The van der Waals surface area contributed by atoms with Gasteiger partial charge in [-0.3, -0.25) is 0 Å². The van der Waals surface area contributed by atoms with E-state index in [4.69, 9.17) is 0 Å². The number of carboxylic acid groups (broad SMARTS) is 1. The fraction of sp³-hybridized carbons (Fsp3) is 0.857. The van der Waals surface area contributed by atoms with Gasteiger partial charge in [-0.25, -0.2) is 9.59 Å². The summed E-state index contributed by atoms with van der Waals surface area (Å²) < 4.78 is 0. The SMILES string of the molecule is CCCN(CC)CCNC(=O)NC(CC)(CC)C(=O)O. The molecule has 6 heteroatoms. The number of hydrogen-bond acceptors (Lipinski definition) is 3. The number of amides is 2. The van der Waals surface area contributed by atoms with Crippen LogP contribution in [0.1, 0.15) is 47.0 Å². The van der Waals surface area contributed by atoms with Crippen LogP contribution in [-0.4, -0.2) is 53.7 Å². The molecule has 0 unspecified atom stereocenters. The Labute approximate surface area is 121 Å². The van der Waals surface area contributed by atoms with Crippen LogP contribution >= 0.6 is 0 Å². The first-order valence-corrected chi connectivity index (χ1v) is 7.47. The molecule has 0 aromatic heterocycles. The van der Waals surface area contributed by atoms with Gasteiger partial charge in [-0.05, 0) is 32.4 Å². The first-order chi connectivity index (χ1) is 9.45. The lowest BCUT2D eigenvalue weighted by atomic mass is 9.93. The van der Waals surface area contributed by atoms with Crippen LogP contribution in [0.2, 0.25) is 0 Å². The maximum atomic E-state index is 11.8. The van der Waals surface area contributed by atoms with Crippen molar-refractivity contribution in [1.82, 2.24) is 15.5 Å². The van der Waals surface area contributed by atoms with Crippen LogP contribution in [0, 0.1) is 0 Å². The molecule has 0 atom stereocenters. The number of likely N-dealkylation sites (N-methyl/N-ethyl adjacent to an activating group) is 1. The van der Waals surface area contributed by atoms with Gasteiger partial charge in [0.05, 0.1) is 0 Å². The molecule has 0 spiro atoms. The fourth-order valence-corrected chi connectivity index (χ4v) is 2.12. The summed E-state index contributed by atoms with van der Waals surface area (Å²) in [4.78, 5) is 25.3. The van der Waals surface area contributed by atoms with Crippen LogP contribution in [-0.2, 0) is 4.79 Å². The van der Waals surface area contributed by atoms with E-state index in [2.05, 4.69) is 29.4 Å². The summed E-state index contributed by atoms with van der Waals surface area (Å²) >= 11 is 0. The maximum Gasteiger partial charge on any atom is 0.329 e. The summed E-state index contributed by atoms with van der Waals surface area (Å²) in [5.41, 5.74) is -1.17. The second kappa shape index (κ2) is 9.58. The molecule has 2 amide bonds. The number of carboxylic acids is 1. The molecule has 118 valence electrons. The normalized spacial score (nSPS) is 11.4. The molecule has 0 saturated carbocycles. The van der Waals surface area contributed by atoms with Gasteiger partial charge in [0, 0.05) is 13.1 Å². The van der Waals surface area contributed by atoms with Gasteiger partial charge in [-0.1, -0.05) is 27.7 Å². The fourth-order valence-electron chi connectivity index (χ4n) is 2.12. The van der Waals surface area contributed by atoms with Gasteiger partial charge >= 0.3 is 12.0 Å². The third kappa shape index (κ3) is 5.77. The minimum absolute atomic E-state index is 0.364. The summed E-state index contributed by atoms with van der Waals surface area (Å²) in [6.07, 6.45) is 1.81. The Hall–Kier alpha value is -1.30. The number of rotatable bonds is 10. The lowest BCUT2D eigenvalue weighted by Gasteiger charge is -2.28. The molecule has 0 aromatic rings. The molecule has 0 bridgehead atoms. The summed E-state index contributed by atoms with van der Waals surface area (Å²) in [7, 11) is 0. The van der Waals surface area contributed by atoms with Crippen molar-refractivity contribution in [3.63, 3.8) is 0 Å². The average Bonchev–Trinajstić information content (AvgIpc) is 2.43. The van der Waals surface area contributed by atoms with Gasteiger partial charge in [0.2, 0.25) is 0 Å². The van der Waals surface area contributed by atoms with Gasteiger partial charge in [0.25, 0.3) is 0 Å². The molecule has 0 radical (unpaired) electrons. The zero-order valence-electron chi connectivity index (χ0n) is 13.2. The molecule has 0 aliphatic heterocycles. The van der Waals surface area contributed by atoms with Gasteiger partial charge in [-0.2, -0.15) is 0 Å². The molecule has 20 heavy (non-hydrogen) atoms. The molecule has 0 rings (SSSR count). The molecular weight excluding hydrogens is 258 g/mol. The van der Waals surface area contributed by atoms with Gasteiger partial charge < -0.3 is 20.6 Å². The van der Waals surface area contributed by atoms with Crippen molar-refractivity contribution in [2.45, 2.75) is 52.5 Å². The molecule has 0 aliphatic rings. The first kappa shape index (κ1) is 18.7. The third-order valence-corrected chi connectivity index (χ3v) is 3.67. The van der Waals surface area contributed by atoms with E-state index in [0.717, 1.165) is 26.1 Å². The maximum absolute atomic E-state index is 11.8. The van der Waals surface area contributed by atoms with Crippen LogP contribution < -0.4 is 10.6 Å².